The summed E-state index contributed by atoms with van der Waals surface area (Å²) >= 11 is -4.14. The monoisotopic (exact) mass is 859 g/mol. The van der Waals surface area contributed by atoms with E-state index in [-0.39, 0.29) is 0 Å². The van der Waals surface area contributed by atoms with Gasteiger partial charge in [0.05, 0.1) is 0 Å². The number of aromatic amines is 1. The maximum absolute atomic E-state index is 7.83. The number of ether oxygens (including phenoxy) is 2. The number of hydrogen-bond donors (Lipinski definition) is 1. The van der Waals surface area contributed by atoms with Crippen LogP contribution in [-0.4, -0.2) is 46.6 Å². The second-order valence-corrected chi connectivity index (χ2v) is 25.4. The van der Waals surface area contributed by atoms with Gasteiger partial charge in [-0.3, -0.25) is 0 Å². The molecule has 0 atom stereocenters. The Bertz CT molecular complexity index is 2530. The Hall–Kier alpha value is -5.35. The summed E-state index contributed by atoms with van der Waals surface area (Å²) in [4.78, 5) is 14.6. The molecule has 5 aromatic rings. The number of allylic oxidation sites excluding steroid dienone is 10. The molecule has 1 N–H and O–H groups in total. The fourth-order valence-corrected chi connectivity index (χ4v) is 15.5. The van der Waals surface area contributed by atoms with Crippen molar-refractivity contribution in [3.8, 4) is 11.5 Å². The van der Waals surface area contributed by atoms with Crippen LogP contribution in [0.25, 0.3) is 22.3 Å². The molecule has 0 aliphatic carbocycles. The van der Waals surface area contributed by atoms with Gasteiger partial charge in [0.25, 0.3) is 0 Å². The molecule has 264 valence electrons. The number of H-pyrrole nitrogens is 1. The number of hydrogen-bond acceptors (Lipinski definition) is 4. The molecule has 5 heterocycles. The molecule has 8 heteroatoms. The molecule has 9 rings (SSSR count). The van der Waals surface area contributed by atoms with Crippen LogP contribution in [0.4, 0.5) is 0 Å². The molecule has 4 aliphatic heterocycles. The van der Waals surface area contributed by atoms with E-state index in [9.17, 15) is 0 Å². The molecule has 0 amide bonds. The number of aliphatic imine (C=N–C) groups is 2. The summed E-state index contributed by atoms with van der Waals surface area (Å²) in [6.45, 7) is 0. The topological polar surface area (TPSA) is 59.0 Å². The molecule has 4 aromatic carbocycles. The fraction of sp³-hybridized carbons (Fsp3) is 0.0435. The van der Waals surface area contributed by atoms with Crippen molar-refractivity contribution in [2.45, 2.75) is 0 Å². The van der Waals surface area contributed by atoms with E-state index in [1.807, 2.05) is 60.7 Å². The molecule has 0 saturated carbocycles. The van der Waals surface area contributed by atoms with Gasteiger partial charge in [0, 0.05) is 0 Å². The van der Waals surface area contributed by atoms with Crippen LogP contribution in [0, 0.1) is 0 Å². The molecule has 0 fully saturated rings. The Kier molecular flexibility index (Phi) is 9.01. The van der Waals surface area contributed by atoms with Crippen LogP contribution < -0.4 is 20.2 Å². The first-order valence-electron chi connectivity index (χ1n) is 17.4. The van der Waals surface area contributed by atoms with E-state index >= 15 is 0 Å². The Morgan fingerprint density at radius 2 is 0.852 bits per heavy atom. The van der Waals surface area contributed by atoms with Crippen molar-refractivity contribution in [1.29, 1.82) is 0 Å². The second-order valence-electron chi connectivity index (χ2n) is 12.9. The van der Waals surface area contributed by atoms with Crippen LogP contribution in [0.1, 0.15) is 22.3 Å². The SMILES string of the molecule is COc1ccc(C2=c3ccc([nH]3)=C(c3ccc(OC)cc3)C3=NC(=C(c4ccccc4)C4=CC=C(C(c5ccccc5)=C5C=CC2=N5)[Te]4(Cl)Cl)C=C3)cc1. The number of fused-ring (bicyclic) bond motifs is 6. The molecular formula is C46H33Cl2N3O2Te. The van der Waals surface area contributed by atoms with Crippen molar-refractivity contribution in [1.82, 2.24) is 4.98 Å². The first kappa shape index (κ1) is 34.4. The van der Waals surface area contributed by atoms with Gasteiger partial charge in [-0.15, -0.1) is 0 Å². The summed E-state index contributed by atoms with van der Waals surface area (Å²) in [6, 6.07) is 41.0. The third kappa shape index (κ3) is 6.06. The third-order valence-corrected chi connectivity index (χ3v) is 19.4. The normalized spacial score (nSPS) is 17.7. The Morgan fingerprint density at radius 3 is 1.24 bits per heavy atom. The molecule has 0 unspecified atom stereocenters. The van der Waals surface area contributed by atoms with Crippen LogP contribution >= 0.6 is 17.9 Å². The summed E-state index contributed by atoms with van der Waals surface area (Å²) in [5.74, 6) is 1.55. The first-order valence-corrected chi connectivity index (χ1v) is 25.7. The van der Waals surface area contributed by atoms with Crippen molar-refractivity contribution >= 4 is 67.6 Å². The van der Waals surface area contributed by atoms with Gasteiger partial charge in [-0.25, -0.2) is 0 Å². The van der Waals surface area contributed by atoms with Crippen LogP contribution in [0.2, 0.25) is 0 Å². The predicted molar refractivity (Wildman–Crippen MR) is 225 cm³/mol. The van der Waals surface area contributed by atoms with E-state index in [1.54, 1.807) is 14.2 Å². The number of halogens is 2. The van der Waals surface area contributed by atoms with Gasteiger partial charge in [-0.05, 0) is 0 Å². The van der Waals surface area contributed by atoms with Crippen molar-refractivity contribution in [3.05, 3.63) is 209 Å². The van der Waals surface area contributed by atoms with Gasteiger partial charge in [-0.1, -0.05) is 0 Å². The van der Waals surface area contributed by atoms with Gasteiger partial charge in [-0.2, -0.15) is 0 Å². The van der Waals surface area contributed by atoms with Crippen LogP contribution in [-0.2, 0) is 0 Å². The zero-order valence-corrected chi connectivity index (χ0v) is 33.2. The number of benzene rings is 4. The maximum atomic E-state index is 7.83. The quantitative estimate of drug-likeness (QED) is 0.173. The number of rotatable bonds is 6. The number of methoxy groups -OCH3 is 2. The molecule has 54 heavy (non-hydrogen) atoms. The van der Waals surface area contributed by atoms with Crippen molar-refractivity contribution < 1.29 is 9.47 Å². The molecule has 4 aliphatic rings. The van der Waals surface area contributed by atoms with Crippen LogP contribution in [0.3, 0.4) is 0 Å². The summed E-state index contributed by atoms with van der Waals surface area (Å²) in [7, 11) is 19.0. The number of nitrogens with one attached hydrogen (secondary N) is 1. The van der Waals surface area contributed by atoms with Crippen molar-refractivity contribution in [2.24, 2.45) is 9.98 Å². The van der Waals surface area contributed by atoms with E-state index < -0.39 is 15.9 Å². The molecule has 0 saturated heterocycles. The fourth-order valence-electron chi connectivity index (χ4n) is 7.27. The Labute approximate surface area is 325 Å². The van der Waals surface area contributed by atoms with E-state index in [1.165, 1.54) is 0 Å². The zero-order valence-electron chi connectivity index (χ0n) is 29.4. The van der Waals surface area contributed by atoms with E-state index in [2.05, 4.69) is 102 Å². The van der Waals surface area contributed by atoms with Crippen LogP contribution in [0.15, 0.2) is 186 Å². The molecule has 8 bridgehead atoms. The molecule has 0 radical (unpaired) electrons. The van der Waals surface area contributed by atoms with Gasteiger partial charge in [0.15, 0.2) is 0 Å². The third-order valence-electron chi connectivity index (χ3n) is 9.84. The Morgan fingerprint density at radius 1 is 0.463 bits per heavy atom. The second kappa shape index (κ2) is 14.1. The number of nitrogens with zero attached hydrogens (tertiary/aromatic N) is 2. The minimum atomic E-state index is -4.14. The average Bonchev–Trinajstić information content (AvgIpc) is 4.04. The van der Waals surface area contributed by atoms with Gasteiger partial charge < -0.3 is 0 Å². The van der Waals surface area contributed by atoms with Crippen LogP contribution in [0.5, 0.6) is 11.5 Å². The summed E-state index contributed by atoms with van der Waals surface area (Å²) in [6.07, 6.45) is 12.5. The van der Waals surface area contributed by atoms with Gasteiger partial charge in [0.2, 0.25) is 0 Å². The molecule has 0 spiro atoms. The molecule has 5 nitrogen and oxygen atoms in total. The van der Waals surface area contributed by atoms with Gasteiger partial charge in [0.1, 0.15) is 0 Å². The average molecular weight is 858 g/mol. The Balaban J connectivity index is 1.40. The van der Waals surface area contributed by atoms with E-state index in [0.717, 1.165) is 96.8 Å². The summed E-state index contributed by atoms with van der Waals surface area (Å²) in [5, 5.41) is 1.82. The van der Waals surface area contributed by atoms with E-state index in [4.69, 9.17) is 37.4 Å². The van der Waals surface area contributed by atoms with Crippen molar-refractivity contribution in [2.75, 3.05) is 14.2 Å². The zero-order chi connectivity index (χ0) is 36.8. The molecule has 1 aromatic heterocycles. The molecular weight excluding hydrogens is 825 g/mol. The van der Waals surface area contributed by atoms with Gasteiger partial charge >= 0.3 is 327 Å². The van der Waals surface area contributed by atoms with Crippen molar-refractivity contribution in [3.63, 3.8) is 0 Å². The minimum absolute atomic E-state index is 0.777. The first-order chi connectivity index (χ1) is 26.4. The predicted octanol–water partition coefficient (Wildman–Crippen LogP) is 9.15. The number of aromatic nitrogens is 1. The standard InChI is InChI=1S/C46H33Cl2N3O2Te/c1-52-33-17-13-31(14-18-33)43-35-21-22-36(49-35)44(32-15-19-34(53-2)20-16-32)38-24-26-40(51-38)46(30-11-7-4-8-12-30)42-28-27-41(54(42,47)48)45(29-9-5-3-6-10-29)39-25-23-37(43)50-39/h3-28,49H,1-2H3. The summed E-state index contributed by atoms with van der Waals surface area (Å²) < 4.78 is 12.9. The van der Waals surface area contributed by atoms with E-state index in [0.29, 0.717) is 0 Å². The summed E-state index contributed by atoms with van der Waals surface area (Å²) in [5.41, 5.74) is 11.0.